The molecular formula is C30H50O11. The van der Waals surface area contributed by atoms with Gasteiger partial charge in [-0.1, -0.05) is 44.4 Å². The van der Waals surface area contributed by atoms with Crippen molar-refractivity contribution in [2.24, 2.45) is 0 Å². The van der Waals surface area contributed by atoms with Crippen LogP contribution >= 0.6 is 0 Å². The van der Waals surface area contributed by atoms with E-state index in [0.29, 0.717) is 104 Å². The van der Waals surface area contributed by atoms with Crippen LogP contribution in [0.3, 0.4) is 0 Å². The highest BCUT2D eigenvalue weighted by Crippen LogP contribution is 2.03. The van der Waals surface area contributed by atoms with E-state index in [9.17, 15) is 9.59 Å². The van der Waals surface area contributed by atoms with Crippen molar-refractivity contribution >= 4 is 11.9 Å². The van der Waals surface area contributed by atoms with Crippen LogP contribution in [0.4, 0.5) is 0 Å². The maximum atomic E-state index is 11.8. The third kappa shape index (κ3) is 25.3. The number of unbranched alkanes of at least 4 members (excludes halogenated alkanes) is 3. The van der Waals surface area contributed by atoms with Gasteiger partial charge in [0.2, 0.25) is 0 Å². The summed E-state index contributed by atoms with van der Waals surface area (Å²) in [6.07, 6.45) is 4.75. The average Bonchev–Trinajstić information content (AvgIpc) is 2.99. The molecule has 1 aromatic carbocycles. The molecule has 1 aromatic rings. The number of carbonyl (C=O) groups is 2. The SMILES string of the molecule is CCCCCCC(=O)OCCOCCOCCOCCOCCOCCOCCOCCOC(=O)c1ccccc1. The zero-order valence-electron chi connectivity index (χ0n) is 24.7. The largest absolute Gasteiger partial charge is 0.463 e. The third-order valence-corrected chi connectivity index (χ3v) is 5.43. The van der Waals surface area contributed by atoms with Crippen LogP contribution in [0.1, 0.15) is 49.4 Å². The van der Waals surface area contributed by atoms with E-state index in [1.54, 1.807) is 24.3 Å². The number of benzene rings is 1. The van der Waals surface area contributed by atoms with Gasteiger partial charge in [0.1, 0.15) is 13.2 Å². The standard InChI is InChI=1S/C30H50O11/c1-2-3-4-8-11-29(31)40-26-24-38-22-20-36-18-16-34-14-12-33-13-15-35-17-19-37-21-23-39-25-27-41-30(32)28-9-6-5-7-10-28/h5-7,9-10H,2-4,8,11-27H2,1H3. The van der Waals surface area contributed by atoms with Gasteiger partial charge < -0.3 is 42.6 Å². The predicted molar refractivity (Wildman–Crippen MR) is 152 cm³/mol. The Morgan fingerprint density at radius 1 is 0.488 bits per heavy atom. The Morgan fingerprint density at radius 2 is 0.878 bits per heavy atom. The molecule has 0 bridgehead atoms. The van der Waals surface area contributed by atoms with Crippen molar-refractivity contribution in [1.29, 1.82) is 0 Å². The molecule has 0 radical (unpaired) electrons. The van der Waals surface area contributed by atoms with E-state index in [0.717, 1.165) is 25.7 Å². The molecule has 0 amide bonds. The van der Waals surface area contributed by atoms with Crippen LogP contribution in [0.5, 0.6) is 0 Å². The minimum absolute atomic E-state index is 0.156. The molecule has 0 heterocycles. The summed E-state index contributed by atoms with van der Waals surface area (Å²) in [7, 11) is 0. The van der Waals surface area contributed by atoms with Crippen LogP contribution in [0.15, 0.2) is 30.3 Å². The molecule has 11 nitrogen and oxygen atoms in total. The van der Waals surface area contributed by atoms with E-state index >= 15 is 0 Å². The fourth-order valence-corrected chi connectivity index (χ4v) is 3.26. The van der Waals surface area contributed by atoms with Crippen LogP contribution in [0.25, 0.3) is 0 Å². The maximum Gasteiger partial charge on any atom is 0.338 e. The van der Waals surface area contributed by atoms with E-state index < -0.39 is 0 Å². The van der Waals surface area contributed by atoms with Gasteiger partial charge in [0, 0.05) is 6.42 Å². The summed E-state index contributed by atoms with van der Waals surface area (Å²) < 4.78 is 48.2. The first kappa shape index (κ1) is 36.9. The summed E-state index contributed by atoms with van der Waals surface area (Å²) >= 11 is 0. The first-order valence-corrected chi connectivity index (χ1v) is 14.7. The van der Waals surface area contributed by atoms with Crippen molar-refractivity contribution in [2.75, 3.05) is 106 Å². The molecule has 0 aliphatic heterocycles. The summed E-state index contributed by atoms with van der Waals surface area (Å²) in [5, 5.41) is 0. The van der Waals surface area contributed by atoms with Crippen LogP contribution in [0, 0.1) is 0 Å². The Hall–Kier alpha value is -2.12. The van der Waals surface area contributed by atoms with Crippen LogP contribution in [-0.2, 0) is 47.4 Å². The topological polar surface area (TPSA) is 117 Å². The summed E-state index contributed by atoms with van der Waals surface area (Å²) in [5.74, 6) is -0.513. The fourth-order valence-electron chi connectivity index (χ4n) is 3.26. The molecule has 1 rings (SSSR count). The Bertz CT molecular complexity index is 718. The minimum Gasteiger partial charge on any atom is -0.463 e. The molecule has 0 saturated heterocycles. The van der Waals surface area contributed by atoms with Gasteiger partial charge in [-0.15, -0.1) is 0 Å². The van der Waals surface area contributed by atoms with Gasteiger partial charge in [-0.05, 0) is 18.6 Å². The zero-order chi connectivity index (χ0) is 29.5. The Kier molecular flexibility index (Phi) is 26.4. The molecule has 0 fully saturated rings. The molecule has 0 N–H and O–H groups in total. The Balaban J connectivity index is 1.67. The molecule has 0 unspecified atom stereocenters. The van der Waals surface area contributed by atoms with Crippen molar-refractivity contribution in [3.05, 3.63) is 35.9 Å². The lowest BCUT2D eigenvalue weighted by atomic mass is 10.2. The van der Waals surface area contributed by atoms with Crippen molar-refractivity contribution < 1.29 is 52.2 Å². The lowest BCUT2D eigenvalue weighted by Gasteiger charge is -2.09. The molecule has 11 heteroatoms. The van der Waals surface area contributed by atoms with Crippen molar-refractivity contribution in [2.45, 2.75) is 39.0 Å². The number of esters is 2. The highest BCUT2D eigenvalue weighted by Gasteiger charge is 2.05. The molecular weight excluding hydrogens is 536 g/mol. The van der Waals surface area contributed by atoms with E-state index in [2.05, 4.69) is 6.92 Å². The van der Waals surface area contributed by atoms with Gasteiger partial charge in [-0.2, -0.15) is 0 Å². The molecule has 0 aliphatic rings. The van der Waals surface area contributed by atoms with Gasteiger partial charge >= 0.3 is 11.9 Å². The lowest BCUT2D eigenvalue weighted by Crippen LogP contribution is -2.15. The maximum absolute atomic E-state index is 11.8. The quantitative estimate of drug-likeness (QED) is 0.0974. The summed E-state index contributed by atoms with van der Waals surface area (Å²) in [6, 6.07) is 8.84. The van der Waals surface area contributed by atoms with E-state index in [1.807, 2.05) is 6.07 Å². The highest BCUT2D eigenvalue weighted by molar-refractivity contribution is 5.89. The lowest BCUT2D eigenvalue weighted by molar-refractivity contribution is -0.145. The second-order valence-electron chi connectivity index (χ2n) is 8.82. The minimum atomic E-state index is -0.357. The Morgan fingerprint density at radius 3 is 1.29 bits per heavy atom. The summed E-state index contributed by atoms with van der Waals surface area (Å²) in [4.78, 5) is 23.3. The van der Waals surface area contributed by atoms with E-state index in [-0.39, 0.29) is 25.2 Å². The van der Waals surface area contributed by atoms with Crippen molar-refractivity contribution in [3.8, 4) is 0 Å². The zero-order valence-corrected chi connectivity index (χ0v) is 24.7. The molecule has 0 aromatic heterocycles. The summed E-state index contributed by atoms with van der Waals surface area (Å²) in [6.45, 7) is 8.92. The number of carbonyl (C=O) groups excluding carboxylic acids is 2. The monoisotopic (exact) mass is 586 g/mol. The van der Waals surface area contributed by atoms with Gasteiger partial charge in [0.05, 0.1) is 98.1 Å². The van der Waals surface area contributed by atoms with Crippen LogP contribution < -0.4 is 0 Å². The highest BCUT2D eigenvalue weighted by atomic mass is 16.6. The molecule has 236 valence electrons. The fraction of sp³-hybridized carbons (Fsp3) is 0.733. The second-order valence-corrected chi connectivity index (χ2v) is 8.82. The third-order valence-electron chi connectivity index (χ3n) is 5.43. The first-order valence-electron chi connectivity index (χ1n) is 14.7. The molecule has 0 spiro atoms. The van der Waals surface area contributed by atoms with Gasteiger partial charge in [0.25, 0.3) is 0 Å². The second kappa shape index (κ2) is 29.4. The number of hydrogen-bond acceptors (Lipinski definition) is 11. The van der Waals surface area contributed by atoms with Gasteiger partial charge in [-0.25, -0.2) is 4.79 Å². The number of ether oxygens (including phenoxy) is 9. The average molecular weight is 587 g/mol. The predicted octanol–water partition coefficient (Wildman–Crippen LogP) is 3.47. The molecule has 41 heavy (non-hydrogen) atoms. The number of hydrogen-bond donors (Lipinski definition) is 0. The van der Waals surface area contributed by atoms with E-state index in [4.69, 9.17) is 42.6 Å². The van der Waals surface area contributed by atoms with Crippen LogP contribution in [-0.4, -0.2) is 118 Å². The normalized spacial score (nSPS) is 11.0. The van der Waals surface area contributed by atoms with Crippen molar-refractivity contribution in [3.63, 3.8) is 0 Å². The smallest absolute Gasteiger partial charge is 0.338 e. The Labute approximate surface area is 245 Å². The van der Waals surface area contributed by atoms with Gasteiger partial charge in [0.15, 0.2) is 0 Å². The number of rotatable bonds is 30. The molecule has 0 saturated carbocycles. The molecule has 0 aliphatic carbocycles. The van der Waals surface area contributed by atoms with Crippen molar-refractivity contribution in [1.82, 2.24) is 0 Å². The first-order chi connectivity index (χ1) is 20.2. The summed E-state index contributed by atoms with van der Waals surface area (Å²) in [5.41, 5.74) is 0.524. The molecule has 0 atom stereocenters. The van der Waals surface area contributed by atoms with E-state index in [1.165, 1.54) is 0 Å². The van der Waals surface area contributed by atoms with Gasteiger partial charge in [-0.3, -0.25) is 4.79 Å². The van der Waals surface area contributed by atoms with Crippen LogP contribution in [0.2, 0.25) is 0 Å².